The van der Waals surface area contributed by atoms with Crippen molar-refractivity contribution in [2.24, 2.45) is 5.10 Å². The molecule has 0 N–H and O–H groups in total. The third-order valence-electron chi connectivity index (χ3n) is 5.91. The molecule has 0 amide bonds. The lowest BCUT2D eigenvalue weighted by Crippen LogP contribution is -2.23. The van der Waals surface area contributed by atoms with Crippen LogP contribution in [0.3, 0.4) is 0 Å². The molecular formula is C28H25BrCl2IN3O3. The molecule has 4 rings (SSSR count). The number of hydrogen-bond acceptors (Lipinski definition) is 5. The van der Waals surface area contributed by atoms with Gasteiger partial charge in [0, 0.05) is 10.4 Å². The minimum atomic E-state index is -0.218. The smallest absolute Gasteiger partial charge is 0.282 e. The van der Waals surface area contributed by atoms with Crippen LogP contribution in [0.2, 0.25) is 10.0 Å². The molecule has 1 heterocycles. The largest absolute Gasteiger partial charge is 0.490 e. The molecule has 1 aromatic heterocycles. The molecule has 0 unspecified atom stereocenters. The summed E-state index contributed by atoms with van der Waals surface area (Å²) in [6.07, 6.45) is 2.47. The van der Waals surface area contributed by atoms with Crippen LogP contribution in [0.4, 0.5) is 0 Å². The Labute approximate surface area is 253 Å². The van der Waals surface area contributed by atoms with Gasteiger partial charge < -0.3 is 9.47 Å². The zero-order valence-electron chi connectivity index (χ0n) is 21.0. The summed E-state index contributed by atoms with van der Waals surface area (Å²) in [6.45, 7) is 6.76. The van der Waals surface area contributed by atoms with Gasteiger partial charge in [-0.3, -0.25) is 4.79 Å². The summed E-state index contributed by atoms with van der Waals surface area (Å²) < 4.78 is 15.0. The van der Waals surface area contributed by atoms with E-state index in [2.05, 4.69) is 50.5 Å². The van der Waals surface area contributed by atoms with E-state index in [0.29, 0.717) is 51.5 Å². The molecule has 0 fully saturated rings. The fraction of sp³-hybridized carbons (Fsp3) is 0.250. The molecule has 0 saturated carbocycles. The van der Waals surface area contributed by atoms with Gasteiger partial charge in [-0.25, -0.2) is 4.98 Å². The monoisotopic (exact) mass is 727 g/mol. The topological polar surface area (TPSA) is 65.7 Å². The fourth-order valence-corrected chi connectivity index (χ4v) is 5.22. The number of aromatic nitrogens is 2. The van der Waals surface area contributed by atoms with Gasteiger partial charge in [0.15, 0.2) is 11.5 Å². The minimum absolute atomic E-state index is 0.0455. The van der Waals surface area contributed by atoms with Crippen molar-refractivity contribution >= 4 is 78.8 Å². The van der Waals surface area contributed by atoms with Gasteiger partial charge in [-0.05, 0) is 89.5 Å². The Morgan fingerprint density at radius 3 is 2.61 bits per heavy atom. The van der Waals surface area contributed by atoms with E-state index >= 15 is 0 Å². The number of halogens is 4. The molecule has 0 aliphatic heterocycles. The quantitative estimate of drug-likeness (QED) is 0.128. The molecule has 6 nitrogen and oxygen atoms in total. The average molecular weight is 729 g/mol. The van der Waals surface area contributed by atoms with E-state index < -0.39 is 0 Å². The molecule has 1 atom stereocenters. The van der Waals surface area contributed by atoms with Gasteiger partial charge in [-0.1, -0.05) is 59.0 Å². The Morgan fingerprint density at radius 1 is 1.11 bits per heavy atom. The maximum Gasteiger partial charge on any atom is 0.282 e. The van der Waals surface area contributed by atoms with Crippen LogP contribution in [-0.2, 0) is 6.61 Å². The highest BCUT2D eigenvalue weighted by Gasteiger charge is 2.17. The van der Waals surface area contributed by atoms with Crippen LogP contribution < -0.4 is 15.0 Å². The van der Waals surface area contributed by atoms with Gasteiger partial charge in [0.25, 0.3) is 5.56 Å². The lowest BCUT2D eigenvalue weighted by molar-refractivity contribution is 0.267. The highest BCUT2D eigenvalue weighted by Crippen LogP contribution is 2.35. The standard InChI is InChI=1S/C28H25BrCl2IN3O3/c1-4-16(3)27-34-24-9-7-19(29)13-20(24)28(36)35(27)33-14-18-11-23(32)26(25(12-18)37-5-2)38-15-17-6-8-21(30)22(31)10-17/h6-14,16H,4-5,15H2,1-3H3/t16-/m0/s1. The van der Waals surface area contributed by atoms with Crippen molar-refractivity contribution in [3.05, 3.63) is 93.9 Å². The Bertz CT molecular complexity index is 1580. The summed E-state index contributed by atoms with van der Waals surface area (Å²) in [5, 5.41) is 6.05. The van der Waals surface area contributed by atoms with Gasteiger partial charge in [-0.15, -0.1) is 0 Å². The molecule has 4 aromatic rings. The summed E-state index contributed by atoms with van der Waals surface area (Å²) in [6, 6.07) is 14.7. The third-order valence-corrected chi connectivity index (χ3v) is 7.94. The number of benzene rings is 3. The van der Waals surface area contributed by atoms with E-state index in [0.717, 1.165) is 25.6 Å². The van der Waals surface area contributed by atoms with Crippen molar-refractivity contribution in [1.29, 1.82) is 0 Å². The molecule has 198 valence electrons. The Balaban J connectivity index is 1.70. The van der Waals surface area contributed by atoms with Crippen molar-refractivity contribution in [1.82, 2.24) is 9.66 Å². The Hall–Kier alpha value is -2.14. The van der Waals surface area contributed by atoms with Crippen molar-refractivity contribution in [3.8, 4) is 11.5 Å². The zero-order chi connectivity index (χ0) is 27.4. The molecule has 0 aliphatic carbocycles. The highest BCUT2D eigenvalue weighted by atomic mass is 127. The SMILES string of the molecule is CCOc1cc(C=Nn2c([C@@H](C)CC)nc3ccc(Br)cc3c2=O)cc(I)c1OCc1ccc(Cl)c(Cl)c1. The van der Waals surface area contributed by atoms with E-state index in [1.807, 2.05) is 44.2 Å². The summed E-state index contributed by atoms with van der Waals surface area (Å²) in [5.74, 6) is 1.86. The molecule has 0 spiro atoms. The fourth-order valence-electron chi connectivity index (χ4n) is 3.75. The molecular weight excluding hydrogens is 704 g/mol. The summed E-state index contributed by atoms with van der Waals surface area (Å²) in [5.41, 5.74) is 2.08. The molecule has 0 radical (unpaired) electrons. The number of ether oxygens (including phenoxy) is 2. The van der Waals surface area contributed by atoms with Crippen LogP contribution in [0.1, 0.15) is 50.1 Å². The summed E-state index contributed by atoms with van der Waals surface area (Å²) >= 11 is 17.8. The van der Waals surface area contributed by atoms with E-state index in [1.165, 1.54) is 4.68 Å². The lowest BCUT2D eigenvalue weighted by atomic mass is 10.1. The van der Waals surface area contributed by atoms with Crippen LogP contribution in [0.5, 0.6) is 11.5 Å². The lowest BCUT2D eigenvalue weighted by Gasteiger charge is -2.15. The van der Waals surface area contributed by atoms with Gasteiger partial charge in [0.2, 0.25) is 0 Å². The molecule has 0 aliphatic rings. The number of nitrogens with zero attached hydrogens (tertiary/aromatic N) is 3. The van der Waals surface area contributed by atoms with Crippen molar-refractivity contribution in [2.75, 3.05) is 6.61 Å². The number of fused-ring (bicyclic) bond motifs is 1. The van der Waals surface area contributed by atoms with Crippen molar-refractivity contribution in [3.63, 3.8) is 0 Å². The summed E-state index contributed by atoms with van der Waals surface area (Å²) in [7, 11) is 0. The molecule has 0 bridgehead atoms. The van der Waals surface area contributed by atoms with Crippen molar-refractivity contribution < 1.29 is 9.47 Å². The van der Waals surface area contributed by atoms with Crippen LogP contribution >= 0.6 is 61.7 Å². The van der Waals surface area contributed by atoms with Gasteiger partial charge in [-0.2, -0.15) is 9.78 Å². The van der Waals surface area contributed by atoms with Crippen LogP contribution in [-0.4, -0.2) is 22.5 Å². The first-order valence-corrected chi connectivity index (χ1v) is 14.6. The second-order valence-electron chi connectivity index (χ2n) is 8.60. The van der Waals surface area contributed by atoms with Crippen LogP contribution in [0, 0.1) is 3.57 Å². The zero-order valence-corrected chi connectivity index (χ0v) is 26.2. The van der Waals surface area contributed by atoms with Gasteiger partial charge in [0.05, 0.1) is 37.3 Å². The summed E-state index contributed by atoms with van der Waals surface area (Å²) in [4.78, 5) is 18.2. The molecule has 0 saturated heterocycles. The second-order valence-corrected chi connectivity index (χ2v) is 11.5. The van der Waals surface area contributed by atoms with Gasteiger partial charge >= 0.3 is 0 Å². The molecule has 10 heteroatoms. The normalized spacial score (nSPS) is 12.3. The Morgan fingerprint density at radius 2 is 1.89 bits per heavy atom. The van der Waals surface area contributed by atoms with E-state index in [9.17, 15) is 4.79 Å². The van der Waals surface area contributed by atoms with E-state index in [-0.39, 0.29) is 11.5 Å². The van der Waals surface area contributed by atoms with Gasteiger partial charge in [0.1, 0.15) is 12.4 Å². The van der Waals surface area contributed by atoms with Crippen LogP contribution in [0.25, 0.3) is 10.9 Å². The first-order chi connectivity index (χ1) is 18.2. The number of rotatable bonds is 9. The van der Waals surface area contributed by atoms with E-state index in [1.54, 1.807) is 24.4 Å². The first kappa shape index (κ1) is 28.9. The van der Waals surface area contributed by atoms with Crippen molar-refractivity contribution in [2.45, 2.75) is 39.7 Å². The predicted molar refractivity (Wildman–Crippen MR) is 167 cm³/mol. The minimum Gasteiger partial charge on any atom is -0.490 e. The van der Waals surface area contributed by atoms with Crippen LogP contribution in [0.15, 0.2) is 62.9 Å². The third kappa shape index (κ3) is 6.52. The maximum absolute atomic E-state index is 13.4. The van der Waals surface area contributed by atoms with E-state index in [4.69, 9.17) is 37.7 Å². The Kier molecular flexibility index (Phi) is 9.73. The first-order valence-electron chi connectivity index (χ1n) is 12.0. The second kappa shape index (κ2) is 12.8. The predicted octanol–water partition coefficient (Wildman–Crippen LogP) is 8.44. The average Bonchev–Trinajstić information content (AvgIpc) is 2.89. The molecule has 3 aromatic carbocycles. The maximum atomic E-state index is 13.4. The number of hydrogen-bond donors (Lipinski definition) is 0. The highest BCUT2D eigenvalue weighted by molar-refractivity contribution is 14.1. The molecule has 38 heavy (non-hydrogen) atoms.